The predicted molar refractivity (Wildman–Crippen MR) is 66.2 cm³/mol. The molecule has 1 aromatic heterocycles. The molecule has 5 nitrogen and oxygen atoms in total. The highest BCUT2D eigenvalue weighted by Gasteiger charge is 2.27. The molecule has 1 aromatic rings. The van der Waals surface area contributed by atoms with Crippen LogP contribution in [0.25, 0.3) is 0 Å². The zero-order valence-corrected chi connectivity index (χ0v) is 10.9. The van der Waals surface area contributed by atoms with E-state index >= 15 is 0 Å². The van der Waals surface area contributed by atoms with Gasteiger partial charge in [0.25, 0.3) is 0 Å². The Balaban J connectivity index is 3.05. The van der Waals surface area contributed by atoms with Crippen LogP contribution in [0.5, 0.6) is 5.75 Å². The molecule has 0 radical (unpaired) electrons. The molecule has 5 heteroatoms. The lowest BCUT2D eigenvalue weighted by molar-refractivity contribution is 0.0921. The Morgan fingerprint density at radius 3 is 2.71 bits per heavy atom. The van der Waals surface area contributed by atoms with Gasteiger partial charge in [0.05, 0.1) is 19.3 Å². The summed E-state index contributed by atoms with van der Waals surface area (Å²) in [6.07, 6.45) is 2.43. The minimum Gasteiger partial charge on any atom is -0.493 e. The van der Waals surface area contributed by atoms with E-state index in [2.05, 4.69) is 5.10 Å². The molecule has 0 spiro atoms. The second-order valence-corrected chi connectivity index (χ2v) is 4.15. The lowest BCUT2D eigenvalue weighted by Crippen LogP contribution is -2.38. The van der Waals surface area contributed by atoms with E-state index in [0.717, 1.165) is 6.42 Å². The van der Waals surface area contributed by atoms with Crippen LogP contribution in [0, 0.1) is 5.92 Å². The summed E-state index contributed by atoms with van der Waals surface area (Å²) in [5.74, 6) is 0.540. The Hall–Kier alpha value is -1.36. The van der Waals surface area contributed by atoms with Crippen molar-refractivity contribution in [3.05, 3.63) is 11.9 Å². The predicted octanol–water partition coefficient (Wildman–Crippen LogP) is 1.47. The molecule has 0 bridgehead atoms. The van der Waals surface area contributed by atoms with E-state index < -0.39 is 6.04 Å². The number of aromatic nitrogens is 2. The molecule has 0 aromatic carbocycles. The van der Waals surface area contributed by atoms with Gasteiger partial charge in [-0.15, -0.1) is 0 Å². The van der Waals surface area contributed by atoms with Gasteiger partial charge >= 0.3 is 0 Å². The third-order valence-electron chi connectivity index (χ3n) is 3.12. The molecule has 2 unspecified atom stereocenters. The molecule has 2 N–H and O–H groups in total. The van der Waals surface area contributed by atoms with Gasteiger partial charge in [-0.3, -0.25) is 9.48 Å². The highest BCUT2D eigenvalue weighted by atomic mass is 16.5. The zero-order valence-electron chi connectivity index (χ0n) is 10.9. The molecule has 1 rings (SSSR count). The van der Waals surface area contributed by atoms with E-state index in [1.165, 1.54) is 7.11 Å². The van der Waals surface area contributed by atoms with Crippen molar-refractivity contribution in [1.29, 1.82) is 0 Å². The summed E-state index contributed by atoms with van der Waals surface area (Å²) in [6, 6.07) is -0.504. The summed E-state index contributed by atoms with van der Waals surface area (Å²) in [4.78, 5) is 12.3. The molecule has 17 heavy (non-hydrogen) atoms. The van der Waals surface area contributed by atoms with E-state index in [4.69, 9.17) is 10.5 Å². The monoisotopic (exact) mass is 239 g/mol. The van der Waals surface area contributed by atoms with Crippen LogP contribution in [0.2, 0.25) is 0 Å². The van der Waals surface area contributed by atoms with E-state index in [-0.39, 0.29) is 11.7 Å². The Morgan fingerprint density at radius 2 is 2.24 bits per heavy atom. The molecular formula is C12H21N3O2. The largest absolute Gasteiger partial charge is 0.493 e. The van der Waals surface area contributed by atoms with Crippen LogP contribution < -0.4 is 10.5 Å². The summed E-state index contributed by atoms with van der Waals surface area (Å²) in [7, 11) is 1.53. The molecular weight excluding hydrogens is 218 g/mol. The number of Topliss-reactive ketones (excluding diaryl/α,β-unsaturated/α-hetero) is 1. The van der Waals surface area contributed by atoms with E-state index in [1.807, 2.05) is 20.8 Å². The van der Waals surface area contributed by atoms with Crippen molar-refractivity contribution < 1.29 is 9.53 Å². The molecule has 1 heterocycles. The fourth-order valence-corrected chi connectivity index (χ4v) is 1.68. The van der Waals surface area contributed by atoms with Gasteiger partial charge in [0.1, 0.15) is 5.69 Å². The molecule has 0 aliphatic rings. The Kier molecular flexibility index (Phi) is 4.69. The van der Waals surface area contributed by atoms with E-state index in [0.29, 0.717) is 18.0 Å². The quantitative estimate of drug-likeness (QED) is 0.763. The fraction of sp³-hybridized carbons (Fsp3) is 0.667. The second-order valence-electron chi connectivity index (χ2n) is 4.15. The summed E-state index contributed by atoms with van der Waals surface area (Å²) in [5, 5.41) is 4.11. The standard InChI is InChI=1S/C12H21N3O2/c1-5-8(3)10(13)12(16)11-9(17-4)7-14-15(11)6-2/h7-8,10H,5-6,13H2,1-4H3. The first-order valence-corrected chi connectivity index (χ1v) is 5.96. The van der Waals surface area contributed by atoms with Crippen LogP contribution in [0.15, 0.2) is 6.20 Å². The van der Waals surface area contributed by atoms with Gasteiger partial charge in [-0.2, -0.15) is 5.10 Å². The SMILES string of the molecule is CCC(C)C(N)C(=O)c1c(OC)cnn1CC. The van der Waals surface area contributed by atoms with Gasteiger partial charge in [-0.05, 0) is 12.8 Å². The van der Waals surface area contributed by atoms with Gasteiger partial charge in [0, 0.05) is 6.54 Å². The molecule has 0 saturated carbocycles. The van der Waals surface area contributed by atoms with Crippen molar-refractivity contribution in [2.45, 2.75) is 39.8 Å². The summed E-state index contributed by atoms with van der Waals surface area (Å²) < 4.78 is 6.78. The molecule has 0 aliphatic heterocycles. The normalized spacial score (nSPS) is 14.4. The van der Waals surface area contributed by atoms with Crippen molar-refractivity contribution in [3.63, 3.8) is 0 Å². The zero-order chi connectivity index (χ0) is 13.0. The van der Waals surface area contributed by atoms with Crippen molar-refractivity contribution in [2.24, 2.45) is 11.7 Å². The van der Waals surface area contributed by atoms with Crippen LogP contribution in [-0.4, -0.2) is 28.7 Å². The Bertz CT molecular complexity index is 366. The van der Waals surface area contributed by atoms with Crippen LogP contribution >= 0.6 is 0 Å². The number of hydrogen-bond donors (Lipinski definition) is 1. The molecule has 96 valence electrons. The summed E-state index contributed by atoms with van der Waals surface area (Å²) >= 11 is 0. The Labute approximate surface area is 102 Å². The minimum atomic E-state index is -0.504. The fourth-order valence-electron chi connectivity index (χ4n) is 1.68. The number of nitrogens with zero attached hydrogens (tertiary/aromatic N) is 2. The van der Waals surface area contributed by atoms with Gasteiger partial charge in [0.2, 0.25) is 5.78 Å². The molecule has 2 atom stereocenters. The molecule has 0 fully saturated rings. The molecule has 0 amide bonds. The number of ether oxygens (including phenoxy) is 1. The maximum absolute atomic E-state index is 12.3. The highest BCUT2D eigenvalue weighted by molar-refractivity contribution is 6.00. The van der Waals surface area contributed by atoms with Crippen LogP contribution in [0.1, 0.15) is 37.7 Å². The first kappa shape index (κ1) is 13.7. The van der Waals surface area contributed by atoms with Gasteiger partial charge in [-0.25, -0.2) is 0 Å². The lowest BCUT2D eigenvalue weighted by atomic mass is 9.94. The molecule has 0 aliphatic carbocycles. The Morgan fingerprint density at radius 1 is 1.59 bits per heavy atom. The minimum absolute atomic E-state index is 0.101. The number of hydrogen-bond acceptors (Lipinski definition) is 4. The third-order valence-corrected chi connectivity index (χ3v) is 3.12. The van der Waals surface area contributed by atoms with Crippen molar-refractivity contribution in [1.82, 2.24) is 9.78 Å². The second kappa shape index (κ2) is 5.82. The van der Waals surface area contributed by atoms with Gasteiger partial charge < -0.3 is 10.5 Å². The summed E-state index contributed by atoms with van der Waals surface area (Å²) in [5.41, 5.74) is 6.44. The van der Waals surface area contributed by atoms with E-state index in [1.54, 1.807) is 10.9 Å². The van der Waals surface area contributed by atoms with E-state index in [9.17, 15) is 4.79 Å². The number of carbonyl (C=O) groups excluding carboxylic acids is 1. The van der Waals surface area contributed by atoms with Gasteiger partial charge in [-0.1, -0.05) is 20.3 Å². The van der Waals surface area contributed by atoms with Crippen molar-refractivity contribution >= 4 is 5.78 Å². The number of methoxy groups -OCH3 is 1. The average molecular weight is 239 g/mol. The number of ketones is 1. The third kappa shape index (κ3) is 2.66. The molecule has 0 saturated heterocycles. The van der Waals surface area contributed by atoms with Crippen LogP contribution in [-0.2, 0) is 6.54 Å². The maximum Gasteiger partial charge on any atom is 0.201 e. The first-order chi connectivity index (χ1) is 8.06. The number of rotatable bonds is 6. The highest BCUT2D eigenvalue weighted by Crippen LogP contribution is 2.21. The van der Waals surface area contributed by atoms with Crippen molar-refractivity contribution in [2.75, 3.05) is 7.11 Å². The number of carbonyl (C=O) groups is 1. The van der Waals surface area contributed by atoms with Crippen LogP contribution in [0.4, 0.5) is 0 Å². The smallest absolute Gasteiger partial charge is 0.201 e. The number of aryl methyl sites for hydroxylation is 1. The maximum atomic E-state index is 12.3. The van der Waals surface area contributed by atoms with Gasteiger partial charge in [0.15, 0.2) is 5.75 Å². The lowest BCUT2D eigenvalue weighted by Gasteiger charge is -2.17. The topological polar surface area (TPSA) is 70.1 Å². The first-order valence-electron chi connectivity index (χ1n) is 5.96. The number of nitrogens with two attached hydrogens (primary N) is 1. The average Bonchev–Trinajstić information content (AvgIpc) is 2.78. The summed E-state index contributed by atoms with van der Waals surface area (Å²) in [6.45, 7) is 6.55. The van der Waals surface area contributed by atoms with Crippen molar-refractivity contribution in [3.8, 4) is 5.75 Å². The van der Waals surface area contributed by atoms with Crippen LogP contribution in [0.3, 0.4) is 0 Å².